The van der Waals surface area contributed by atoms with Gasteiger partial charge in [-0.1, -0.05) is 41.4 Å². The largest absolute Gasteiger partial charge is 0.481 e. The van der Waals surface area contributed by atoms with Crippen LogP contribution in [0, 0.1) is 5.41 Å². The van der Waals surface area contributed by atoms with E-state index in [1.54, 1.807) is 25.1 Å². The summed E-state index contributed by atoms with van der Waals surface area (Å²) < 4.78 is 0. The summed E-state index contributed by atoms with van der Waals surface area (Å²) in [6.07, 6.45) is 1.68. The first-order chi connectivity index (χ1) is 7.40. The monoisotopic (exact) mass is 258 g/mol. The molecule has 0 saturated heterocycles. The van der Waals surface area contributed by atoms with Crippen molar-refractivity contribution < 1.29 is 9.90 Å². The average Bonchev–Trinajstić information content (AvgIpc) is 2.24. The van der Waals surface area contributed by atoms with Crippen LogP contribution in [-0.4, -0.2) is 11.1 Å². The van der Waals surface area contributed by atoms with E-state index in [2.05, 4.69) is 6.58 Å². The Hall–Kier alpha value is -0.990. The molecule has 86 valence electrons. The van der Waals surface area contributed by atoms with E-state index in [1.165, 1.54) is 6.08 Å². The van der Waals surface area contributed by atoms with Gasteiger partial charge >= 0.3 is 5.97 Å². The molecule has 0 aliphatic carbocycles. The highest BCUT2D eigenvalue weighted by atomic mass is 35.5. The smallest absolute Gasteiger partial charge is 0.313 e. The van der Waals surface area contributed by atoms with Crippen molar-refractivity contribution in [2.24, 2.45) is 5.41 Å². The lowest BCUT2D eigenvalue weighted by molar-refractivity contribution is -0.145. The summed E-state index contributed by atoms with van der Waals surface area (Å²) in [6, 6.07) is 5.17. The molecule has 0 aliphatic heterocycles. The quantitative estimate of drug-likeness (QED) is 0.834. The van der Waals surface area contributed by atoms with Crippen LogP contribution in [0.3, 0.4) is 0 Å². The molecule has 1 unspecified atom stereocenters. The van der Waals surface area contributed by atoms with E-state index in [1.807, 2.05) is 0 Å². The molecule has 1 aromatic rings. The molecule has 0 aromatic heterocycles. The maximum Gasteiger partial charge on any atom is 0.313 e. The van der Waals surface area contributed by atoms with Crippen LogP contribution in [0.5, 0.6) is 0 Å². The van der Waals surface area contributed by atoms with Crippen LogP contribution in [0.1, 0.15) is 12.5 Å². The molecule has 1 aromatic carbocycles. The van der Waals surface area contributed by atoms with Crippen LogP contribution >= 0.6 is 23.2 Å². The second-order valence-corrected chi connectivity index (χ2v) is 4.60. The highest BCUT2D eigenvalue weighted by molar-refractivity contribution is 6.42. The zero-order valence-electron chi connectivity index (χ0n) is 8.84. The minimum absolute atomic E-state index is 0.269. The summed E-state index contributed by atoms with van der Waals surface area (Å²) >= 11 is 11.9. The summed E-state index contributed by atoms with van der Waals surface area (Å²) in [5.41, 5.74) is -0.326. The Balaban J connectivity index is 3.08. The number of carboxylic acid groups (broad SMARTS) is 1. The highest BCUT2D eigenvalue weighted by Crippen LogP contribution is 2.32. The molecule has 4 heteroatoms. The van der Waals surface area contributed by atoms with Gasteiger partial charge in [0.2, 0.25) is 0 Å². The number of carbonyl (C=O) groups is 1. The van der Waals surface area contributed by atoms with E-state index >= 15 is 0 Å². The lowest BCUT2D eigenvalue weighted by atomic mass is 9.84. The Morgan fingerprint density at radius 3 is 2.69 bits per heavy atom. The Bertz CT molecular complexity index is 429. The Morgan fingerprint density at radius 1 is 1.56 bits per heavy atom. The van der Waals surface area contributed by atoms with Gasteiger partial charge in [-0.2, -0.15) is 0 Å². The maximum absolute atomic E-state index is 11.1. The number of aliphatic carboxylic acids is 1. The normalized spacial score (nSPS) is 14.2. The van der Waals surface area contributed by atoms with Gasteiger partial charge in [0.15, 0.2) is 0 Å². The summed E-state index contributed by atoms with van der Waals surface area (Å²) in [6.45, 7) is 5.14. The van der Waals surface area contributed by atoms with Crippen LogP contribution in [0.4, 0.5) is 0 Å². The molecule has 1 N–H and O–H groups in total. The molecular weight excluding hydrogens is 247 g/mol. The highest BCUT2D eigenvalue weighted by Gasteiger charge is 2.30. The third-order valence-electron chi connectivity index (χ3n) is 2.53. The van der Waals surface area contributed by atoms with Gasteiger partial charge < -0.3 is 5.11 Å². The predicted octanol–water partition coefficient (Wildman–Crippen LogP) is 3.81. The summed E-state index contributed by atoms with van der Waals surface area (Å²) in [5, 5.41) is 9.93. The standard InChI is InChI=1S/C12H12Cl2O2/c1-3-12(2,11(15)16)7-8-5-4-6-9(13)10(8)14/h3-6H,1,7H2,2H3,(H,15,16). The fraction of sp³-hybridized carbons (Fsp3) is 0.250. The SMILES string of the molecule is C=CC(C)(Cc1cccc(Cl)c1Cl)C(=O)O. The van der Waals surface area contributed by atoms with E-state index in [0.29, 0.717) is 15.6 Å². The second-order valence-electron chi connectivity index (χ2n) is 3.82. The van der Waals surface area contributed by atoms with Crippen molar-refractivity contribution in [2.45, 2.75) is 13.3 Å². The van der Waals surface area contributed by atoms with Crippen LogP contribution < -0.4 is 0 Å². The zero-order chi connectivity index (χ0) is 12.3. The number of rotatable bonds is 4. The number of carboxylic acids is 1. The molecule has 0 saturated carbocycles. The van der Waals surface area contributed by atoms with Crippen LogP contribution in [0.15, 0.2) is 30.9 Å². The molecular formula is C12H12Cl2O2. The minimum atomic E-state index is -1.03. The van der Waals surface area contributed by atoms with Crippen molar-refractivity contribution in [3.05, 3.63) is 46.5 Å². The fourth-order valence-electron chi connectivity index (χ4n) is 1.32. The van der Waals surface area contributed by atoms with Gasteiger partial charge in [-0.3, -0.25) is 4.79 Å². The Morgan fingerprint density at radius 2 is 2.19 bits per heavy atom. The maximum atomic E-state index is 11.1. The Kier molecular flexibility index (Phi) is 4.00. The van der Waals surface area contributed by atoms with Gasteiger partial charge in [0, 0.05) is 0 Å². The topological polar surface area (TPSA) is 37.3 Å². The molecule has 1 rings (SSSR count). The first-order valence-electron chi connectivity index (χ1n) is 4.70. The summed E-state index contributed by atoms with van der Waals surface area (Å²) in [4.78, 5) is 11.1. The first-order valence-corrected chi connectivity index (χ1v) is 5.46. The number of hydrogen-bond donors (Lipinski definition) is 1. The number of halogens is 2. The van der Waals surface area contributed by atoms with Crippen LogP contribution in [-0.2, 0) is 11.2 Å². The molecule has 0 amide bonds. The predicted molar refractivity (Wildman–Crippen MR) is 66.1 cm³/mol. The van der Waals surface area contributed by atoms with Crippen molar-refractivity contribution in [1.82, 2.24) is 0 Å². The molecule has 2 nitrogen and oxygen atoms in total. The van der Waals surface area contributed by atoms with Crippen molar-refractivity contribution >= 4 is 29.2 Å². The van der Waals surface area contributed by atoms with Crippen molar-refractivity contribution in [2.75, 3.05) is 0 Å². The lowest BCUT2D eigenvalue weighted by Gasteiger charge is -2.21. The molecule has 0 aliphatic rings. The van der Waals surface area contributed by atoms with Crippen LogP contribution in [0.2, 0.25) is 10.0 Å². The third kappa shape index (κ3) is 2.57. The molecule has 0 heterocycles. The van der Waals surface area contributed by atoms with Crippen molar-refractivity contribution in [3.63, 3.8) is 0 Å². The molecule has 16 heavy (non-hydrogen) atoms. The van der Waals surface area contributed by atoms with E-state index in [4.69, 9.17) is 28.3 Å². The second kappa shape index (κ2) is 4.89. The van der Waals surface area contributed by atoms with Crippen LogP contribution in [0.25, 0.3) is 0 Å². The lowest BCUT2D eigenvalue weighted by Crippen LogP contribution is -2.27. The molecule has 0 bridgehead atoms. The van der Waals surface area contributed by atoms with Gasteiger partial charge in [-0.25, -0.2) is 0 Å². The number of benzene rings is 1. The minimum Gasteiger partial charge on any atom is -0.481 e. The number of hydrogen-bond acceptors (Lipinski definition) is 1. The van der Waals surface area contributed by atoms with E-state index < -0.39 is 11.4 Å². The van der Waals surface area contributed by atoms with E-state index in [-0.39, 0.29) is 6.42 Å². The third-order valence-corrected chi connectivity index (χ3v) is 3.39. The van der Waals surface area contributed by atoms with Gasteiger partial charge in [0.1, 0.15) is 0 Å². The average molecular weight is 259 g/mol. The molecule has 0 spiro atoms. The van der Waals surface area contributed by atoms with E-state index in [0.717, 1.165) is 0 Å². The summed E-state index contributed by atoms with van der Waals surface area (Å²) in [5.74, 6) is -0.932. The van der Waals surface area contributed by atoms with Gasteiger partial charge in [-0.15, -0.1) is 6.58 Å². The molecule has 1 atom stereocenters. The van der Waals surface area contributed by atoms with Gasteiger partial charge in [-0.05, 0) is 25.0 Å². The van der Waals surface area contributed by atoms with E-state index in [9.17, 15) is 4.79 Å². The fourth-order valence-corrected chi connectivity index (χ4v) is 1.70. The zero-order valence-corrected chi connectivity index (χ0v) is 10.3. The summed E-state index contributed by atoms with van der Waals surface area (Å²) in [7, 11) is 0. The first kappa shape index (κ1) is 13.1. The molecule has 0 radical (unpaired) electrons. The molecule has 0 fully saturated rings. The van der Waals surface area contributed by atoms with Gasteiger partial charge in [0.05, 0.1) is 15.5 Å². The Labute approximate surface area is 104 Å². The van der Waals surface area contributed by atoms with Gasteiger partial charge in [0.25, 0.3) is 0 Å². The van der Waals surface area contributed by atoms with Crippen molar-refractivity contribution in [3.8, 4) is 0 Å². The van der Waals surface area contributed by atoms with Crippen molar-refractivity contribution in [1.29, 1.82) is 0 Å².